The molecule has 6 aliphatic heterocycles. The van der Waals surface area contributed by atoms with Crippen LogP contribution >= 0.6 is 11.6 Å². The van der Waals surface area contributed by atoms with Gasteiger partial charge in [0.05, 0.1) is 23.7 Å². The fourth-order valence-corrected chi connectivity index (χ4v) is 10.4. The predicted molar refractivity (Wildman–Crippen MR) is 220 cm³/mol. The van der Waals surface area contributed by atoms with Gasteiger partial charge in [-0.15, -0.1) is 0 Å². The molecule has 0 aliphatic carbocycles. The molecule has 0 radical (unpaired) electrons. The lowest BCUT2D eigenvalue weighted by molar-refractivity contribution is -0.136. The van der Waals surface area contributed by atoms with Crippen LogP contribution in [-0.2, 0) is 9.59 Å². The van der Waals surface area contributed by atoms with Crippen molar-refractivity contribution in [3.8, 4) is 0 Å². The molecule has 5 saturated heterocycles. The van der Waals surface area contributed by atoms with Crippen molar-refractivity contribution in [1.29, 1.82) is 0 Å². The molecule has 2 N–H and O–H groups in total. The van der Waals surface area contributed by atoms with Gasteiger partial charge in [-0.05, 0) is 105 Å². The van der Waals surface area contributed by atoms with Gasteiger partial charge < -0.3 is 20.0 Å². The number of anilines is 3. The van der Waals surface area contributed by atoms with Gasteiger partial charge in [-0.1, -0.05) is 17.7 Å². The van der Waals surface area contributed by atoms with Crippen LogP contribution in [0.2, 0.25) is 5.02 Å². The molecule has 5 amide bonds. The molecule has 14 heteroatoms. The van der Waals surface area contributed by atoms with Gasteiger partial charge in [0, 0.05) is 92.0 Å². The molecule has 3 aromatic rings. The van der Waals surface area contributed by atoms with Gasteiger partial charge in [-0.2, -0.15) is 0 Å². The Morgan fingerprint density at radius 1 is 0.879 bits per heavy atom. The summed E-state index contributed by atoms with van der Waals surface area (Å²) in [6.45, 7) is 15.6. The molecule has 3 aromatic carbocycles. The summed E-state index contributed by atoms with van der Waals surface area (Å²) < 4.78 is 0. The Bertz CT molecular complexity index is 2220. The summed E-state index contributed by atoms with van der Waals surface area (Å²) in [4.78, 5) is 77.6. The van der Waals surface area contributed by atoms with Crippen LogP contribution in [0.1, 0.15) is 82.9 Å². The number of hydrogen-bond donors (Lipinski definition) is 2. The zero-order chi connectivity index (χ0) is 40.3. The van der Waals surface area contributed by atoms with Gasteiger partial charge in [0.2, 0.25) is 17.5 Å². The van der Waals surface area contributed by atoms with Crippen LogP contribution in [0.5, 0.6) is 0 Å². The second-order valence-corrected chi connectivity index (χ2v) is 17.4. The van der Waals surface area contributed by atoms with Crippen molar-refractivity contribution in [1.82, 2.24) is 20.0 Å². The molecular formula is C44H47ClN8O5. The number of benzene rings is 3. The molecule has 2 atom stereocenters. The number of fused-ring (bicyclic) bond motifs is 1. The first-order valence-electron chi connectivity index (χ1n) is 20.4. The van der Waals surface area contributed by atoms with Crippen LogP contribution in [-0.4, -0.2) is 114 Å². The molecule has 9 rings (SSSR count). The normalized spacial score (nSPS) is 23.9. The SMILES string of the molecule is [C-]#[N+]c1ccc(N2CC3(CCN(c4ccc(C(=O)N5CCC(N6CC(Nc7ccc8c(c7)C(=O)N(C7CCC(=O)NC7=O)C8=O)C6)CC5)cc4)CC3)C[C@@H]2C)cc1Cl. The highest BCUT2D eigenvalue weighted by Crippen LogP contribution is 2.46. The Kier molecular flexibility index (Phi) is 9.88. The lowest BCUT2D eigenvalue weighted by Gasteiger charge is -2.47. The number of rotatable bonds is 7. The van der Waals surface area contributed by atoms with E-state index in [1.165, 1.54) is 0 Å². The van der Waals surface area contributed by atoms with Crippen molar-refractivity contribution < 1.29 is 24.0 Å². The summed E-state index contributed by atoms with van der Waals surface area (Å²) in [5.41, 5.74) is 5.00. The summed E-state index contributed by atoms with van der Waals surface area (Å²) in [7, 11) is 0. The monoisotopic (exact) mass is 802 g/mol. The number of imide groups is 2. The van der Waals surface area contributed by atoms with Crippen LogP contribution in [0.25, 0.3) is 4.85 Å². The second kappa shape index (κ2) is 15.1. The summed E-state index contributed by atoms with van der Waals surface area (Å²) in [6.07, 6.45) is 5.38. The molecule has 0 saturated carbocycles. The van der Waals surface area contributed by atoms with E-state index in [9.17, 15) is 24.0 Å². The number of carbonyl (C=O) groups excluding carboxylic acids is 5. The maximum absolute atomic E-state index is 13.6. The van der Waals surface area contributed by atoms with Crippen LogP contribution in [0.4, 0.5) is 22.7 Å². The van der Waals surface area contributed by atoms with E-state index >= 15 is 0 Å². The second-order valence-electron chi connectivity index (χ2n) is 17.0. The maximum Gasteiger partial charge on any atom is 0.262 e. The Morgan fingerprint density at radius 3 is 2.28 bits per heavy atom. The van der Waals surface area contributed by atoms with Crippen molar-refractivity contribution in [3.63, 3.8) is 0 Å². The molecule has 1 unspecified atom stereocenters. The fraction of sp³-hybridized carbons (Fsp3) is 0.455. The first-order chi connectivity index (χ1) is 28.0. The summed E-state index contributed by atoms with van der Waals surface area (Å²) in [6, 6.07) is 19.0. The van der Waals surface area contributed by atoms with E-state index in [-0.39, 0.29) is 41.3 Å². The van der Waals surface area contributed by atoms with E-state index in [1.54, 1.807) is 18.2 Å². The average molecular weight is 803 g/mol. The third-order valence-electron chi connectivity index (χ3n) is 13.4. The smallest absolute Gasteiger partial charge is 0.262 e. The van der Waals surface area contributed by atoms with Gasteiger partial charge in [0.15, 0.2) is 0 Å². The Balaban J connectivity index is 0.722. The highest BCUT2D eigenvalue weighted by atomic mass is 35.5. The van der Waals surface area contributed by atoms with E-state index < -0.39 is 29.7 Å². The highest BCUT2D eigenvalue weighted by Gasteiger charge is 2.46. The molecule has 1 spiro atoms. The summed E-state index contributed by atoms with van der Waals surface area (Å²) >= 11 is 6.38. The number of carbonyl (C=O) groups is 5. The lowest BCUT2D eigenvalue weighted by atomic mass is 9.76. The predicted octanol–water partition coefficient (Wildman–Crippen LogP) is 5.58. The third-order valence-corrected chi connectivity index (χ3v) is 13.7. The minimum atomic E-state index is -0.984. The molecule has 0 bridgehead atoms. The van der Waals surface area contributed by atoms with Crippen molar-refractivity contribution >= 4 is 63.9 Å². The van der Waals surface area contributed by atoms with Gasteiger partial charge in [-0.25, -0.2) is 4.85 Å². The van der Waals surface area contributed by atoms with E-state index in [0.29, 0.717) is 35.9 Å². The highest BCUT2D eigenvalue weighted by molar-refractivity contribution is 6.33. The van der Waals surface area contributed by atoms with Crippen molar-refractivity contribution in [2.75, 3.05) is 60.9 Å². The Labute approximate surface area is 343 Å². The van der Waals surface area contributed by atoms with Gasteiger partial charge in [-0.3, -0.25) is 39.1 Å². The van der Waals surface area contributed by atoms with E-state index in [0.717, 1.165) is 92.4 Å². The summed E-state index contributed by atoms with van der Waals surface area (Å²) in [5.74, 6) is -1.96. The van der Waals surface area contributed by atoms with E-state index in [2.05, 4.69) is 49.2 Å². The Morgan fingerprint density at radius 2 is 1.59 bits per heavy atom. The molecule has 0 aromatic heterocycles. The van der Waals surface area contributed by atoms with Crippen molar-refractivity contribution in [2.24, 2.45) is 5.41 Å². The minimum absolute atomic E-state index is 0.0797. The number of likely N-dealkylation sites (tertiary alicyclic amines) is 2. The molecular weight excluding hydrogens is 756 g/mol. The number of amides is 5. The lowest BCUT2D eigenvalue weighted by Crippen LogP contribution is -2.60. The van der Waals surface area contributed by atoms with Gasteiger partial charge in [0.1, 0.15) is 6.04 Å². The van der Waals surface area contributed by atoms with Crippen LogP contribution in [0.3, 0.4) is 0 Å². The van der Waals surface area contributed by atoms with Crippen LogP contribution in [0.15, 0.2) is 60.7 Å². The number of hydrogen-bond acceptors (Lipinski definition) is 9. The quantitative estimate of drug-likeness (QED) is 0.233. The first kappa shape index (κ1) is 38.1. The number of nitrogens with one attached hydrogen (secondary N) is 2. The minimum Gasteiger partial charge on any atom is -0.380 e. The molecule has 13 nitrogen and oxygen atoms in total. The number of halogens is 1. The average Bonchev–Trinajstić information content (AvgIpc) is 3.66. The molecule has 58 heavy (non-hydrogen) atoms. The van der Waals surface area contributed by atoms with Gasteiger partial charge >= 0.3 is 0 Å². The Hall–Kier alpha value is -5.45. The first-order valence-corrected chi connectivity index (χ1v) is 20.8. The van der Waals surface area contributed by atoms with Crippen molar-refractivity contribution in [2.45, 2.75) is 76.0 Å². The zero-order valence-corrected chi connectivity index (χ0v) is 33.3. The number of piperidine rings is 3. The van der Waals surface area contributed by atoms with Crippen LogP contribution in [0, 0.1) is 12.0 Å². The summed E-state index contributed by atoms with van der Waals surface area (Å²) in [5, 5.41) is 6.24. The maximum atomic E-state index is 13.6. The number of nitrogens with zero attached hydrogens (tertiary/aromatic N) is 6. The van der Waals surface area contributed by atoms with E-state index in [1.807, 2.05) is 35.2 Å². The topological polar surface area (TPSA) is 130 Å². The largest absolute Gasteiger partial charge is 0.380 e. The molecule has 6 heterocycles. The van der Waals surface area contributed by atoms with E-state index in [4.69, 9.17) is 18.2 Å². The fourth-order valence-electron chi connectivity index (χ4n) is 10.2. The molecule has 6 aliphatic rings. The zero-order valence-electron chi connectivity index (χ0n) is 32.6. The third kappa shape index (κ3) is 6.96. The standard InChI is InChI=1S/C44H47ClN8O5/c1-27-23-44(26-52(27)33-8-10-37(46-2)36(45)22-33)15-19-49(20-16-44)31-6-3-28(4-7-31)41(56)50-17-13-32(14-18-50)51-24-30(25-51)47-29-5-9-34-35(21-29)43(58)53(42(34)57)38-11-12-39(54)48-40(38)55/h3-10,21-22,27,30,32,38,47H,11-20,23-26H2,1H3,(H,48,54,55)/t27-,38?/m0/s1. The van der Waals surface area contributed by atoms with Gasteiger partial charge in [0.25, 0.3) is 17.7 Å². The molecule has 5 fully saturated rings. The molecule has 300 valence electrons. The van der Waals surface area contributed by atoms with Crippen LogP contribution < -0.4 is 20.4 Å². The van der Waals surface area contributed by atoms with Crippen molar-refractivity contribution in [3.05, 3.63) is 93.8 Å².